The third-order valence-electron chi connectivity index (χ3n) is 3.30. The van der Waals surface area contributed by atoms with Gasteiger partial charge < -0.3 is 10.2 Å². The highest BCUT2D eigenvalue weighted by Crippen LogP contribution is 2.39. The van der Waals surface area contributed by atoms with Gasteiger partial charge in [0.05, 0.1) is 13.1 Å². The molecule has 1 aromatic heterocycles. The maximum atomic E-state index is 11.5. The molecule has 20 heavy (non-hydrogen) atoms. The molecule has 3 rings (SSSR count). The highest BCUT2D eigenvalue weighted by molar-refractivity contribution is 6.02. The van der Waals surface area contributed by atoms with Crippen LogP contribution in [0.3, 0.4) is 0 Å². The van der Waals surface area contributed by atoms with Gasteiger partial charge in [-0.15, -0.1) is 0 Å². The monoisotopic (exact) mass is 275 g/mol. The van der Waals surface area contributed by atoms with Gasteiger partial charge in [-0.3, -0.25) is 14.9 Å². The van der Waals surface area contributed by atoms with Crippen molar-refractivity contribution < 1.29 is 9.59 Å². The number of hydrogen-bond donors (Lipinski definition) is 2. The number of hydrogen-bond acceptors (Lipinski definition) is 6. The van der Waals surface area contributed by atoms with E-state index in [4.69, 9.17) is 0 Å². The quantitative estimate of drug-likeness (QED) is 0.766. The first-order valence-corrected chi connectivity index (χ1v) is 6.86. The minimum absolute atomic E-state index is 0.151. The smallest absolute Gasteiger partial charge is 0.246 e. The maximum Gasteiger partial charge on any atom is 0.246 e. The second-order valence-corrected chi connectivity index (χ2v) is 5.10. The van der Waals surface area contributed by atoms with E-state index in [0.29, 0.717) is 11.7 Å². The molecular weight excluding hydrogens is 258 g/mol. The van der Waals surface area contributed by atoms with Gasteiger partial charge in [0.25, 0.3) is 0 Å². The van der Waals surface area contributed by atoms with Crippen LogP contribution in [-0.4, -0.2) is 41.4 Å². The average Bonchev–Trinajstić information content (AvgIpc) is 3.22. The van der Waals surface area contributed by atoms with E-state index in [1.54, 1.807) is 11.0 Å². The van der Waals surface area contributed by atoms with Crippen LogP contribution in [-0.2, 0) is 9.59 Å². The van der Waals surface area contributed by atoms with Crippen molar-refractivity contribution in [3.63, 3.8) is 0 Å². The molecule has 106 valence electrons. The number of nitrogens with zero attached hydrogens (tertiary/aromatic N) is 3. The third kappa shape index (κ3) is 2.71. The Kier molecular flexibility index (Phi) is 3.25. The first-order valence-electron chi connectivity index (χ1n) is 6.86. The number of nitrogens with one attached hydrogen (secondary N) is 2. The van der Waals surface area contributed by atoms with Crippen LogP contribution in [0.5, 0.6) is 0 Å². The molecule has 0 radical (unpaired) electrons. The first kappa shape index (κ1) is 12.8. The second-order valence-electron chi connectivity index (χ2n) is 5.10. The van der Waals surface area contributed by atoms with Gasteiger partial charge in [0, 0.05) is 18.5 Å². The van der Waals surface area contributed by atoms with E-state index in [0.717, 1.165) is 31.0 Å². The van der Waals surface area contributed by atoms with Crippen molar-refractivity contribution in [3.8, 4) is 0 Å². The molecule has 0 aromatic carbocycles. The Morgan fingerprint density at radius 3 is 2.60 bits per heavy atom. The van der Waals surface area contributed by atoms with Crippen LogP contribution in [0.1, 0.15) is 31.5 Å². The summed E-state index contributed by atoms with van der Waals surface area (Å²) in [6.45, 7) is 3.06. The van der Waals surface area contributed by atoms with Crippen LogP contribution in [0.2, 0.25) is 0 Å². The summed E-state index contributed by atoms with van der Waals surface area (Å²) in [5.74, 6) is 2.02. The number of rotatable bonds is 4. The summed E-state index contributed by atoms with van der Waals surface area (Å²) >= 11 is 0. The van der Waals surface area contributed by atoms with E-state index >= 15 is 0 Å². The fraction of sp³-hybridized carbons (Fsp3) is 0.538. The number of amides is 2. The Hall–Kier alpha value is -2.18. The minimum atomic E-state index is -0.294. The number of imide groups is 1. The van der Waals surface area contributed by atoms with Gasteiger partial charge in [-0.25, -0.2) is 9.97 Å². The fourth-order valence-electron chi connectivity index (χ4n) is 2.21. The first-order chi connectivity index (χ1) is 9.65. The lowest BCUT2D eigenvalue weighted by Crippen LogP contribution is -2.51. The van der Waals surface area contributed by atoms with Crippen molar-refractivity contribution in [1.82, 2.24) is 15.3 Å². The zero-order valence-corrected chi connectivity index (χ0v) is 11.3. The summed E-state index contributed by atoms with van der Waals surface area (Å²) in [4.78, 5) is 33.6. The molecule has 0 atom stereocenters. The lowest BCUT2D eigenvalue weighted by Gasteiger charge is -2.27. The SMILES string of the molecule is CCNc1cc(N2CC(=O)NC(=O)C2)nc(C2CC2)n1. The Morgan fingerprint density at radius 1 is 1.30 bits per heavy atom. The van der Waals surface area contributed by atoms with Gasteiger partial charge in [-0.2, -0.15) is 0 Å². The van der Waals surface area contributed by atoms with Crippen LogP contribution >= 0.6 is 0 Å². The summed E-state index contributed by atoms with van der Waals surface area (Å²) < 4.78 is 0. The molecule has 2 heterocycles. The van der Waals surface area contributed by atoms with Gasteiger partial charge in [-0.1, -0.05) is 0 Å². The van der Waals surface area contributed by atoms with Crippen molar-refractivity contribution in [3.05, 3.63) is 11.9 Å². The largest absolute Gasteiger partial charge is 0.370 e. The van der Waals surface area contributed by atoms with Crippen LogP contribution in [0.4, 0.5) is 11.6 Å². The number of piperazine rings is 1. The third-order valence-corrected chi connectivity index (χ3v) is 3.30. The molecule has 2 fully saturated rings. The van der Waals surface area contributed by atoms with E-state index < -0.39 is 0 Å². The second kappa shape index (κ2) is 5.07. The molecule has 2 aliphatic rings. The van der Waals surface area contributed by atoms with Gasteiger partial charge >= 0.3 is 0 Å². The topological polar surface area (TPSA) is 87.2 Å². The molecule has 7 heteroatoms. The molecule has 0 spiro atoms. The van der Waals surface area contributed by atoms with Crippen molar-refractivity contribution in [1.29, 1.82) is 0 Å². The summed E-state index contributed by atoms with van der Waals surface area (Å²) in [6, 6.07) is 1.79. The Morgan fingerprint density at radius 2 is 2.00 bits per heavy atom. The molecule has 2 N–H and O–H groups in total. The Bertz CT molecular complexity index is 540. The normalized spacial score (nSPS) is 18.9. The number of aromatic nitrogens is 2. The lowest BCUT2D eigenvalue weighted by atomic mass is 10.3. The van der Waals surface area contributed by atoms with E-state index in [2.05, 4.69) is 20.6 Å². The maximum absolute atomic E-state index is 11.5. The van der Waals surface area contributed by atoms with E-state index in [1.165, 1.54) is 0 Å². The van der Waals surface area contributed by atoms with E-state index in [9.17, 15) is 9.59 Å². The summed E-state index contributed by atoms with van der Waals surface area (Å²) in [5, 5.41) is 5.46. The van der Waals surface area contributed by atoms with Crippen LogP contribution in [0, 0.1) is 0 Å². The average molecular weight is 275 g/mol. The Labute approximate surface area is 116 Å². The van der Waals surface area contributed by atoms with Crippen molar-refractivity contribution in [2.24, 2.45) is 0 Å². The molecule has 0 bridgehead atoms. The Balaban J connectivity index is 1.90. The number of carbonyl (C=O) groups is 2. The lowest BCUT2D eigenvalue weighted by molar-refractivity contribution is -0.130. The molecule has 1 saturated carbocycles. The van der Waals surface area contributed by atoms with E-state index in [-0.39, 0.29) is 24.9 Å². The summed E-state index contributed by atoms with van der Waals surface area (Å²) in [6.07, 6.45) is 2.21. The molecule has 1 aliphatic heterocycles. The number of carbonyl (C=O) groups excluding carboxylic acids is 2. The molecule has 1 aromatic rings. The minimum Gasteiger partial charge on any atom is -0.370 e. The van der Waals surface area contributed by atoms with Crippen molar-refractivity contribution >= 4 is 23.5 Å². The van der Waals surface area contributed by atoms with Crippen molar-refractivity contribution in [2.45, 2.75) is 25.7 Å². The van der Waals surface area contributed by atoms with Gasteiger partial charge in [-0.05, 0) is 19.8 Å². The van der Waals surface area contributed by atoms with Gasteiger partial charge in [0.2, 0.25) is 11.8 Å². The molecule has 1 saturated heterocycles. The zero-order valence-electron chi connectivity index (χ0n) is 11.3. The molecule has 2 amide bonds. The molecule has 1 aliphatic carbocycles. The molecule has 0 unspecified atom stereocenters. The van der Waals surface area contributed by atoms with Crippen LogP contribution < -0.4 is 15.5 Å². The number of anilines is 2. The van der Waals surface area contributed by atoms with Gasteiger partial charge in [0.15, 0.2) is 0 Å². The fourth-order valence-corrected chi connectivity index (χ4v) is 2.21. The van der Waals surface area contributed by atoms with Crippen LogP contribution in [0.25, 0.3) is 0 Å². The van der Waals surface area contributed by atoms with Crippen molar-refractivity contribution in [2.75, 3.05) is 29.9 Å². The summed E-state index contributed by atoms with van der Waals surface area (Å²) in [5.41, 5.74) is 0. The van der Waals surface area contributed by atoms with Gasteiger partial charge in [0.1, 0.15) is 17.5 Å². The standard InChI is InChI=1S/C13H17N5O2/c1-2-14-9-5-10(16-13(15-9)8-3-4-8)18-6-11(19)17-12(20)7-18/h5,8H,2-4,6-7H2,1H3,(H,14,15,16)(H,17,19,20). The highest BCUT2D eigenvalue weighted by Gasteiger charge is 2.29. The summed E-state index contributed by atoms with van der Waals surface area (Å²) in [7, 11) is 0. The molecule has 7 nitrogen and oxygen atoms in total. The zero-order chi connectivity index (χ0) is 14.1. The van der Waals surface area contributed by atoms with Crippen LogP contribution in [0.15, 0.2) is 6.07 Å². The predicted molar refractivity (Wildman–Crippen MR) is 73.5 cm³/mol. The predicted octanol–water partition coefficient (Wildman–Crippen LogP) is 0.249. The van der Waals surface area contributed by atoms with E-state index in [1.807, 2.05) is 6.92 Å². The molecular formula is C13H17N5O2. The highest BCUT2D eigenvalue weighted by atomic mass is 16.2.